The van der Waals surface area contributed by atoms with Gasteiger partial charge in [0.1, 0.15) is 12.2 Å². The summed E-state index contributed by atoms with van der Waals surface area (Å²) < 4.78 is 10.8. The van der Waals surface area contributed by atoms with Crippen molar-refractivity contribution in [2.45, 2.75) is 58.3 Å². The van der Waals surface area contributed by atoms with E-state index in [1.54, 1.807) is 6.92 Å². The largest absolute Gasteiger partial charge is 0.458 e. The molecule has 1 saturated heterocycles. The minimum atomic E-state index is -0.562. The molecule has 2 rings (SSSR count). The van der Waals surface area contributed by atoms with Gasteiger partial charge in [0, 0.05) is 24.8 Å². The van der Waals surface area contributed by atoms with E-state index in [1.165, 1.54) is 6.92 Å². The van der Waals surface area contributed by atoms with Crippen molar-refractivity contribution in [1.29, 1.82) is 0 Å². The van der Waals surface area contributed by atoms with Crippen LogP contribution in [0.3, 0.4) is 0 Å². The molecule has 122 valence electrons. The summed E-state index contributed by atoms with van der Waals surface area (Å²) in [5.74, 6) is -0.563. The van der Waals surface area contributed by atoms with Crippen LogP contribution >= 0.6 is 0 Å². The summed E-state index contributed by atoms with van der Waals surface area (Å²) in [5, 5.41) is 9.66. The quantitative estimate of drug-likeness (QED) is 0.489. The molecule has 0 spiro atoms. The maximum Gasteiger partial charge on any atom is 0.334 e. The second kappa shape index (κ2) is 6.65. The third-order valence-corrected chi connectivity index (χ3v) is 4.41. The molecule has 1 aliphatic heterocycles. The van der Waals surface area contributed by atoms with Crippen LogP contribution in [0.15, 0.2) is 23.8 Å². The molecule has 0 aromatic rings. The van der Waals surface area contributed by atoms with Gasteiger partial charge in [0.2, 0.25) is 0 Å². The zero-order valence-electron chi connectivity index (χ0n) is 13.4. The van der Waals surface area contributed by atoms with Gasteiger partial charge in [0.25, 0.3) is 0 Å². The van der Waals surface area contributed by atoms with Crippen molar-refractivity contribution in [2.24, 2.45) is 11.8 Å². The molecule has 0 radical (unpaired) electrons. The molecule has 5 atom stereocenters. The molecule has 5 nitrogen and oxygen atoms in total. The number of rotatable bonds is 4. The minimum Gasteiger partial charge on any atom is -0.458 e. The number of aliphatic hydroxyl groups is 1. The van der Waals surface area contributed by atoms with Crippen molar-refractivity contribution >= 4 is 11.9 Å². The Kier molecular flexibility index (Phi) is 5.06. The van der Waals surface area contributed by atoms with Crippen molar-refractivity contribution in [2.75, 3.05) is 0 Å². The number of carbonyl (C=O) groups excluding carboxylic acids is 2. The molecule has 0 amide bonds. The summed E-state index contributed by atoms with van der Waals surface area (Å²) in [5.41, 5.74) is 1.52. The summed E-state index contributed by atoms with van der Waals surface area (Å²) >= 11 is 0. The number of esters is 2. The van der Waals surface area contributed by atoms with Gasteiger partial charge >= 0.3 is 11.9 Å². The molecule has 1 heterocycles. The zero-order chi connectivity index (χ0) is 16.4. The lowest BCUT2D eigenvalue weighted by atomic mass is 9.88. The Morgan fingerprint density at radius 1 is 1.59 bits per heavy atom. The van der Waals surface area contributed by atoms with E-state index >= 15 is 0 Å². The van der Waals surface area contributed by atoms with Crippen LogP contribution in [0.25, 0.3) is 0 Å². The third kappa shape index (κ3) is 3.58. The van der Waals surface area contributed by atoms with Crippen molar-refractivity contribution in [3.8, 4) is 0 Å². The Hall–Kier alpha value is -1.62. The van der Waals surface area contributed by atoms with Crippen LogP contribution in [-0.4, -0.2) is 35.4 Å². The molecule has 0 bridgehead atoms. The molecule has 1 fully saturated rings. The van der Waals surface area contributed by atoms with E-state index in [0.29, 0.717) is 24.8 Å². The molecule has 0 saturated carbocycles. The summed E-state index contributed by atoms with van der Waals surface area (Å²) in [6.07, 6.45) is 2.56. The lowest BCUT2D eigenvalue weighted by Gasteiger charge is -2.26. The topological polar surface area (TPSA) is 72.8 Å². The molecule has 22 heavy (non-hydrogen) atoms. The Morgan fingerprint density at radius 2 is 2.27 bits per heavy atom. The molecular formula is C17H24O5. The SMILES string of the molecule is C=C1C(=O)O[C@H]2C[C@H](C)C(C(CC(C)O)OC(C)=O)=CC[C@H]12. The van der Waals surface area contributed by atoms with E-state index in [1.807, 2.05) is 13.0 Å². The van der Waals surface area contributed by atoms with Crippen molar-refractivity contribution in [3.05, 3.63) is 23.8 Å². The van der Waals surface area contributed by atoms with Crippen molar-refractivity contribution in [1.82, 2.24) is 0 Å². The van der Waals surface area contributed by atoms with Gasteiger partial charge in [-0.25, -0.2) is 4.79 Å². The highest BCUT2D eigenvalue weighted by Crippen LogP contribution is 2.39. The van der Waals surface area contributed by atoms with E-state index in [9.17, 15) is 14.7 Å². The van der Waals surface area contributed by atoms with Crippen molar-refractivity contribution < 1.29 is 24.2 Å². The zero-order valence-corrected chi connectivity index (χ0v) is 13.4. The molecule has 1 N–H and O–H groups in total. The van der Waals surface area contributed by atoms with Gasteiger partial charge in [-0.15, -0.1) is 0 Å². The first-order valence-electron chi connectivity index (χ1n) is 7.74. The average Bonchev–Trinajstić information content (AvgIpc) is 2.56. The van der Waals surface area contributed by atoms with Gasteiger partial charge in [-0.05, 0) is 31.3 Å². The van der Waals surface area contributed by atoms with E-state index in [2.05, 4.69) is 6.58 Å². The predicted octanol–water partition coefficient (Wildman–Crippen LogP) is 2.14. The highest BCUT2D eigenvalue weighted by molar-refractivity contribution is 5.90. The Morgan fingerprint density at radius 3 is 2.86 bits per heavy atom. The number of hydrogen-bond donors (Lipinski definition) is 1. The Labute approximate surface area is 131 Å². The van der Waals surface area contributed by atoms with E-state index in [0.717, 1.165) is 5.57 Å². The van der Waals surface area contributed by atoms with Crippen LogP contribution < -0.4 is 0 Å². The number of fused-ring (bicyclic) bond motifs is 1. The second-order valence-corrected chi connectivity index (χ2v) is 6.33. The van der Waals surface area contributed by atoms with Gasteiger partial charge < -0.3 is 14.6 Å². The highest BCUT2D eigenvalue weighted by atomic mass is 16.6. The van der Waals surface area contributed by atoms with Crippen LogP contribution in [0.2, 0.25) is 0 Å². The summed E-state index contributed by atoms with van der Waals surface area (Å²) in [6.45, 7) is 8.90. The average molecular weight is 308 g/mol. The van der Waals surface area contributed by atoms with E-state index in [4.69, 9.17) is 9.47 Å². The van der Waals surface area contributed by atoms with Crippen LogP contribution in [-0.2, 0) is 19.1 Å². The third-order valence-electron chi connectivity index (χ3n) is 4.41. The maximum atomic E-state index is 11.6. The fraction of sp³-hybridized carbons (Fsp3) is 0.647. The summed E-state index contributed by atoms with van der Waals surface area (Å²) in [7, 11) is 0. The van der Waals surface area contributed by atoms with Crippen LogP contribution in [0.4, 0.5) is 0 Å². The number of aliphatic hydroxyl groups excluding tert-OH is 1. The predicted molar refractivity (Wildman–Crippen MR) is 80.8 cm³/mol. The first-order valence-corrected chi connectivity index (χ1v) is 7.74. The first kappa shape index (κ1) is 16.7. The van der Waals surface area contributed by atoms with Crippen molar-refractivity contribution in [3.63, 3.8) is 0 Å². The van der Waals surface area contributed by atoms with Crippen LogP contribution in [0.1, 0.15) is 40.0 Å². The molecule has 0 aromatic heterocycles. The van der Waals surface area contributed by atoms with E-state index in [-0.39, 0.29) is 29.9 Å². The van der Waals surface area contributed by atoms with Gasteiger partial charge in [0.15, 0.2) is 0 Å². The number of ether oxygens (including phenoxy) is 2. The van der Waals surface area contributed by atoms with Gasteiger partial charge in [-0.2, -0.15) is 0 Å². The molecule has 0 aromatic carbocycles. The number of carbonyl (C=O) groups is 2. The normalized spacial score (nSPS) is 30.7. The second-order valence-electron chi connectivity index (χ2n) is 6.33. The van der Waals surface area contributed by atoms with Crippen LogP contribution in [0, 0.1) is 11.8 Å². The Balaban J connectivity index is 2.21. The van der Waals surface area contributed by atoms with E-state index < -0.39 is 12.2 Å². The number of allylic oxidation sites excluding steroid dienone is 1. The van der Waals surface area contributed by atoms with Crippen LogP contribution in [0.5, 0.6) is 0 Å². The number of hydrogen-bond acceptors (Lipinski definition) is 5. The lowest BCUT2D eigenvalue weighted by molar-refractivity contribution is -0.145. The highest BCUT2D eigenvalue weighted by Gasteiger charge is 2.41. The standard InChI is InChI=1S/C17H24O5/c1-9-7-15-14(11(3)17(20)22-15)6-5-13(9)16(8-10(2)18)21-12(4)19/h5,9-10,14-16,18H,3,6-8H2,1-2,4H3/t9-,10?,14+,15-,16?/m0/s1. The van der Waals surface area contributed by atoms with Gasteiger partial charge in [0.05, 0.1) is 6.10 Å². The molecule has 2 aliphatic rings. The summed E-state index contributed by atoms with van der Waals surface area (Å²) in [4.78, 5) is 23.0. The molecule has 2 unspecified atom stereocenters. The smallest absolute Gasteiger partial charge is 0.334 e. The minimum absolute atomic E-state index is 0.00280. The lowest BCUT2D eigenvalue weighted by Crippen LogP contribution is -2.27. The van der Waals surface area contributed by atoms with Gasteiger partial charge in [-0.3, -0.25) is 4.79 Å². The monoisotopic (exact) mass is 308 g/mol. The molecule has 5 heteroatoms. The first-order chi connectivity index (χ1) is 10.3. The molecular weight excluding hydrogens is 284 g/mol. The molecule has 1 aliphatic carbocycles. The van der Waals surface area contributed by atoms with Gasteiger partial charge in [-0.1, -0.05) is 19.6 Å². The summed E-state index contributed by atoms with van der Waals surface area (Å²) in [6, 6.07) is 0. The fourth-order valence-electron chi connectivity index (χ4n) is 3.34. The fourth-order valence-corrected chi connectivity index (χ4v) is 3.34. The maximum absolute atomic E-state index is 11.6. The Bertz CT molecular complexity index is 505.